The number of thioether (sulfide) groups is 1. The van der Waals surface area contributed by atoms with E-state index < -0.39 is 6.17 Å². The van der Waals surface area contributed by atoms with Crippen LogP contribution < -0.4 is 5.32 Å². The fourth-order valence-electron chi connectivity index (χ4n) is 3.44. The molecule has 2 heterocycles. The molecule has 3 rings (SSSR count). The minimum absolute atomic E-state index is 0.522. The Morgan fingerprint density at radius 2 is 2.17 bits per heavy atom. The molecule has 1 aliphatic carbocycles. The summed E-state index contributed by atoms with van der Waals surface area (Å²) in [5.41, 5.74) is 1.61. The fraction of sp³-hybridized carbons (Fsp3) is 0.867. The maximum atomic E-state index is 13.4. The first-order valence-corrected chi connectivity index (χ1v) is 8.55. The summed E-state index contributed by atoms with van der Waals surface area (Å²) in [5.74, 6) is 2.74. The van der Waals surface area contributed by atoms with Gasteiger partial charge in [-0.25, -0.2) is 4.39 Å². The normalized spacial score (nSPS) is 39.4. The SMILES string of the molecule is CC.FC1CCC2C(C1)SCC2C1=CCCNC1. The lowest BCUT2D eigenvalue weighted by Gasteiger charge is -2.32. The molecule has 2 fully saturated rings. The highest BCUT2D eigenvalue weighted by atomic mass is 32.2. The highest BCUT2D eigenvalue weighted by molar-refractivity contribution is 8.00. The summed E-state index contributed by atoms with van der Waals surface area (Å²) < 4.78 is 13.4. The Hall–Kier alpha value is -0.0200. The quantitative estimate of drug-likeness (QED) is 0.728. The molecular formula is C15H26FNS. The van der Waals surface area contributed by atoms with E-state index in [-0.39, 0.29) is 0 Å². The Bertz CT molecular complexity index is 292. The van der Waals surface area contributed by atoms with Gasteiger partial charge in [0.05, 0.1) is 0 Å². The molecule has 4 unspecified atom stereocenters. The topological polar surface area (TPSA) is 12.0 Å². The molecular weight excluding hydrogens is 245 g/mol. The van der Waals surface area contributed by atoms with E-state index in [1.165, 1.54) is 12.2 Å². The van der Waals surface area contributed by atoms with Crippen LogP contribution in [0.4, 0.5) is 4.39 Å². The van der Waals surface area contributed by atoms with Crippen LogP contribution in [0.2, 0.25) is 0 Å². The summed E-state index contributed by atoms with van der Waals surface area (Å²) in [6.45, 7) is 6.21. The molecule has 1 saturated heterocycles. The van der Waals surface area contributed by atoms with Gasteiger partial charge in [0, 0.05) is 17.5 Å². The van der Waals surface area contributed by atoms with Crippen molar-refractivity contribution in [1.82, 2.24) is 5.32 Å². The smallest absolute Gasteiger partial charge is 0.101 e. The Morgan fingerprint density at radius 1 is 1.33 bits per heavy atom. The largest absolute Gasteiger partial charge is 0.313 e. The first-order chi connectivity index (χ1) is 8.84. The molecule has 0 aromatic carbocycles. The molecule has 2 aliphatic heterocycles. The summed E-state index contributed by atoms with van der Waals surface area (Å²) in [7, 11) is 0. The molecule has 0 radical (unpaired) electrons. The van der Waals surface area contributed by atoms with Crippen LogP contribution in [-0.4, -0.2) is 30.3 Å². The molecule has 1 saturated carbocycles. The van der Waals surface area contributed by atoms with Gasteiger partial charge in [0.1, 0.15) is 6.17 Å². The molecule has 4 atom stereocenters. The van der Waals surface area contributed by atoms with E-state index in [9.17, 15) is 4.39 Å². The van der Waals surface area contributed by atoms with Gasteiger partial charge in [-0.2, -0.15) is 11.8 Å². The number of rotatable bonds is 1. The van der Waals surface area contributed by atoms with Crippen LogP contribution in [0.15, 0.2) is 11.6 Å². The van der Waals surface area contributed by atoms with E-state index in [0.29, 0.717) is 5.25 Å². The van der Waals surface area contributed by atoms with E-state index in [1.54, 1.807) is 5.57 Å². The lowest BCUT2D eigenvalue weighted by atomic mass is 9.76. The third kappa shape index (κ3) is 3.11. The van der Waals surface area contributed by atoms with Gasteiger partial charge in [-0.05, 0) is 44.1 Å². The number of hydrogen-bond acceptors (Lipinski definition) is 2. The number of hydrogen-bond donors (Lipinski definition) is 1. The molecule has 0 spiro atoms. The number of halogens is 1. The van der Waals surface area contributed by atoms with E-state index in [2.05, 4.69) is 11.4 Å². The maximum Gasteiger partial charge on any atom is 0.101 e. The van der Waals surface area contributed by atoms with Gasteiger partial charge in [-0.15, -0.1) is 0 Å². The third-order valence-corrected chi connectivity index (χ3v) is 5.84. The van der Waals surface area contributed by atoms with Gasteiger partial charge in [0.25, 0.3) is 0 Å². The Labute approximate surface area is 115 Å². The zero-order valence-corrected chi connectivity index (χ0v) is 12.4. The molecule has 104 valence electrons. The van der Waals surface area contributed by atoms with Crippen molar-refractivity contribution in [3.05, 3.63) is 11.6 Å². The fourth-order valence-corrected chi connectivity index (χ4v) is 5.27. The summed E-state index contributed by atoms with van der Waals surface area (Å²) >= 11 is 2.02. The Balaban J connectivity index is 0.000000574. The van der Waals surface area contributed by atoms with Crippen molar-refractivity contribution < 1.29 is 4.39 Å². The number of fused-ring (bicyclic) bond motifs is 1. The summed E-state index contributed by atoms with van der Waals surface area (Å²) in [4.78, 5) is 0. The minimum Gasteiger partial charge on any atom is -0.313 e. The third-order valence-electron chi connectivity index (χ3n) is 4.32. The van der Waals surface area contributed by atoms with Crippen LogP contribution in [0.1, 0.15) is 39.5 Å². The van der Waals surface area contributed by atoms with Crippen LogP contribution >= 0.6 is 11.8 Å². The van der Waals surface area contributed by atoms with Crippen molar-refractivity contribution in [2.75, 3.05) is 18.8 Å². The van der Waals surface area contributed by atoms with Gasteiger partial charge >= 0.3 is 0 Å². The second kappa shape index (κ2) is 6.95. The standard InChI is InChI=1S/C13H20FNS.C2H6/c14-10-3-4-11-12(8-16-13(11)6-10)9-2-1-5-15-7-9;1-2/h2,10-13,15H,1,3-8H2;1-2H3. The predicted octanol–water partition coefficient (Wildman–Crippen LogP) is 3.80. The summed E-state index contributed by atoms with van der Waals surface area (Å²) in [6, 6.07) is 0. The van der Waals surface area contributed by atoms with Crippen molar-refractivity contribution in [3.8, 4) is 0 Å². The Morgan fingerprint density at radius 3 is 2.89 bits per heavy atom. The van der Waals surface area contributed by atoms with Crippen LogP contribution in [0, 0.1) is 11.8 Å². The van der Waals surface area contributed by atoms with E-state index >= 15 is 0 Å². The summed E-state index contributed by atoms with van der Waals surface area (Å²) in [5, 5.41) is 4.07. The molecule has 3 heteroatoms. The van der Waals surface area contributed by atoms with Crippen molar-refractivity contribution in [1.29, 1.82) is 0 Å². The number of nitrogens with one attached hydrogen (secondary N) is 1. The Kier molecular flexibility index (Phi) is 5.56. The average molecular weight is 271 g/mol. The van der Waals surface area contributed by atoms with Gasteiger partial charge < -0.3 is 5.32 Å². The van der Waals surface area contributed by atoms with E-state index in [1.807, 2.05) is 25.6 Å². The lowest BCUT2D eigenvalue weighted by molar-refractivity contribution is 0.198. The average Bonchev–Trinajstić information content (AvgIpc) is 2.85. The van der Waals surface area contributed by atoms with Crippen LogP contribution in [0.25, 0.3) is 0 Å². The predicted molar refractivity (Wildman–Crippen MR) is 78.9 cm³/mol. The second-order valence-electron chi connectivity index (χ2n) is 5.30. The molecule has 18 heavy (non-hydrogen) atoms. The molecule has 3 aliphatic rings. The summed E-state index contributed by atoms with van der Waals surface area (Å²) in [6.07, 6.45) is 5.82. The zero-order chi connectivity index (χ0) is 13.0. The van der Waals surface area contributed by atoms with E-state index in [4.69, 9.17) is 0 Å². The second-order valence-corrected chi connectivity index (χ2v) is 6.57. The van der Waals surface area contributed by atoms with Crippen molar-refractivity contribution in [3.63, 3.8) is 0 Å². The molecule has 0 amide bonds. The van der Waals surface area contributed by atoms with Crippen LogP contribution in [0.5, 0.6) is 0 Å². The van der Waals surface area contributed by atoms with Crippen molar-refractivity contribution in [2.45, 2.75) is 51.0 Å². The maximum absolute atomic E-state index is 13.4. The zero-order valence-electron chi connectivity index (χ0n) is 11.6. The van der Waals surface area contributed by atoms with Crippen LogP contribution in [-0.2, 0) is 0 Å². The number of alkyl halides is 1. The van der Waals surface area contributed by atoms with Gasteiger partial charge in [-0.1, -0.05) is 25.5 Å². The van der Waals surface area contributed by atoms with Crippen molar-refractivity contribution >= 4 is 11.8 Å². The highest BCUT2D eigenvalue weighted by Crippen LogP contribution is 2.48. The first kappa shape index (κ1) is 14.4. The van der Waals surface area contributed by atoms with E-state index in [0.717, 1.165) is 44.2 Å². The molecule has 1 N–H and O–H groups in total. The molecule has 0 aromatic heterocycles. The molecule has 1 nitrogen and oxygen atoms in total. The first-order valence-electron chi connectivity index (χ1n) is 7.50. The van der Waals surface area contributed by atoms with Gasteiger partial charge in [0.2, 0.25) is 0 Å². The monoisotopic (exact) mass is 271 g/mol. The molecule has 0 bridgehead atoms. The van der Waals surface area contributed by atoms with Gasteiger partial charge in [0.15, 0.2) is 0 Å². The van der Waals surface area contributed by atoms with Gasteiger partial charge in [-0.3, -0.25) is 0 Å². The van der Waals surface area contributed by atoms with Crippen LogP contribution in [0.3, 0.4) is 0 Å². The highest BCUT2D eigenvalue weighted by Gasteiger charge is 2.42. The lowest BCUT2D eigenvalue weighted by Crippen LogP contribution is -2.33. The van der Waals surface area contributed by atoms with Crippen molar-refractivity contribution in [2.24, 2.45) is 11.8 Å². The minimum atomic E-state index is -0.522. The molecule has 0 aromatic rings.